The van der Waals surface area contributed by atoms with Crippen LogP contribution in [0.2, 0.25) is 5.02 Å². The number of hydrogen-bond donors (Lipinski definition) is 1. The number of sulfonamides is 1. The smallest absolute Gasteiger partial charge is 0.263 e. The molecular weight excluding hydrogens is 272 g/mol. The van der Waals surface area contributed by atoms with E-state index in [4.69, 9.17) is 11.6 Å². The number of nitrogens with one attached hydrogen (secondary N) is 1. The number of pyridine rings is 1. The molecule has 0 aliphatic heterocycles. The van der Waals surface area contributed by atoms with Crippen molar-refractivity contribution >= 4 is 27.3 Å². The third-order valence-corrected chi connectivity index (χ3v) is 4.03. The summed E-state index contributed by atoms with van der Waals surface area (Å²) >= 11 is 5.77. The summed E-state index contributed by atoms with van der Waals surface area (Å²) in [4.78, 5) is 4.02. The van der Waals surface area contributed by atoms with Crippen LogP contribution in [0.5, 0.6) is 0 Å². The first-order chi connectivity index (χ1) is 8.49. The summed E-state index contributed by atoms with van der Waals surface area (Å²) in [5.74, 6) is 0. The van der Waals surface area contributed by atoms with Crippen molar-refractivity contribution in [2.75, 3.05) is 4.72 Å². The Morgan fingerprint density at radius 2 is 1.89 bits per heavy atom. The van der Waals surface area contributed by atoms with Crippen LogP contribution in [0.25, 0.3) is 0 Å². The van der Waals surface area contributed by atoms with Crippen LogP contribution in [-0.2, 0) is 10.0 Å². The minimum Gasteiger partial charge on any atom is -0.280 e. The van der Waals surface area contributed by atoms with E-state index in [0.717, 1.165) is 0 Å². The Bertz CT molecular complexity index is 657. The standard InChI is InChI=1S/C12H11ClN2O2S/c1-9-12(7-10(13)8-14-9)18(16,17)15-11-5-3-2-4-6-11/h2-8,15H,1H3. The maximum Gasteiger partial charge on any atom is 0.263 e. The molecule has 4 nitrogen and oxygen atoms in total. The first-order valence-corrected chi connectivity index (χ1v) is 7.05. The second-order valence-electron chi connectivity index (χ2n) is 3.71. The van der Waals surface area contributed by atoms with Crippen molar-refractivity contribution in [3.63, 3.8) is 0 Å². The van der Waals surface area contributed by atoms with E-state index in [9.17, 15) is 8.42 Å². The van der Waals surface area contributed by atoms with Crippen LogP contribution in [-0.4, -0.2) is 13.4 Å². The number of aromatic nitrogens is 1. The van der Waals surface area contributed by atoms with Gasteiger partial charge in [0.15, 0.2) is 0 Å². The third kappa shape index (κ3) is 2.80. The van der Waals surface area contributed by atoms with Gasteiger partial charge in [0.2, 0.25) is 0 Å². The molecule has 0 aliphatic rings. The van der Waals surface area contributed by atoms with Crippen LogP contribution in [0.1, 0.15) is 5.69 Å². The zero-order valence-electron chi connectivity index (χ0n) is 9.59. The quantitative estimate of drug-likeness (QED) is 0.942. The summed E-state index contributed by atoms with van der Waals surface area (Å²) in [6.07, 6.45) is 1.42. The highest BCUT2D eigenvalue weighted by Gasteiger charge is 2.18. The number of benzene rings is 1. The molecule has 1 aromatic carbocycles. The van der Waals surface area contributed by atoms with Gasteiger partial charge in [-0.3, -0.25) is 9.71 Å². The van der Waals surface area contributed by atoms with Crippen LogP contribution in [0.15, 0.2) is 47.5 Å². The van der Waals surface area contributed by atoms with Crippen molar-refractivity contribution < 1.29 is 8.42 Å². The topological polar surface area (TPSA) is 59.1 Å². The molecule has 0 spiro atoms. The first kappa shape index (κ1) is 12.9. The highest BCUT2D eigenvalue weighted by atomic mass is 35.5. The maximum absolute atomic E-state index is 12.2. The van der Waals surface area contributed by atoms with Gasteiger partial charge in [0.05, 0.1) is 10.7 Å². The Hall–Kier alpha value is -1.59. The predicted molar refractivity (Wildman–Crippen MR) is 71.2 cm³/mol. The molecule has 2 aromatic rings. The fourth-order valence-corrected chi connectivity index (χ4v) is 2.98. The molecular formula is C12H11ClN2O2S. The van der Waals surface area contributed by atoms with Gasteiger partial charge < -0.3 is 0 Å². The molecule has 0 saturated carbocycles. The van der Waals surface area contributed by atoms with E-state index in [2.05, 4.69) is 9.71 Å². The SMILES string of the molecule is Cc1ncc(Cl)cc1S(=O)(=O)Nc1ccccc1. The van der Waals surface area contributed by atoms with E-state index >= 15 is 0 Å². The molecule has 0 atom stereocenters. The van der Waals surface area contributed by atoms with E-state index in [1.165, 1.54) is 12.3 Å². The number of hydrogen-bond acceptors (Lipinski definition) is 3. The molecule has 2 rings (SSSR count). The van der Waals surface area contributed by atoms with Gasteiger partial charge in [-0.25, -0.2) is 8.42 Å². The zero-order valence-corrected chi connectivity index (χ0v) is 11.2. The number of rotatable bonds is 3. The Balaban J connectivity index is 2.40. The predicted octanol–water partition coefficient (Wildman–Crippen LogP) is 2.84. The lowest BCUT2D eigenvalue weighted by Crippen LogP contribution is -2.14. The molecule has 0 unspecified atom stereocenters. The molecule has 1 heterocycles. The monoisotopic (exact) mass is 282 g/mol. The molecule has 1 aromatic heterocycles. The molecule has 6 heteroatoms. The number of nitrogens with zero attached hydrogens (tertiary/aromatic N) is 1. The van der Waals surface area contributed by atoms with Crippen molar-refractivity contribution in [3.05, 3.63) is 53.3 Å². The summed E-state index contributed by atoms with van der Waals surface area (Å²) in [7, 11) is -3.66. The lowest BCUT2D eigenvalue weighted by Gasteiger charge is -2.09. The molecule has 0 radical (unpaired) electrons. The molecule has 0 amide bonds. The Morgan fingerprint density at radius 3 is 2.56 bits per heavy atom. The van der Waals surface area contributed by atoms with Crippen molar-refractivity contribution in [2.24, 2.45) is 0 Å². The van der Waals surface area contributed by atoms with Crippen molar-refractivity contribution in [3.8, 4) is 0 Å². The van der Waals surface area contributed by atoms with Crippen LogP contribution in [0, 0.1) is 6.92 Å². The number of halogens is 1. The van der Waals surface area contributed by atoms with E-state index < -0.39 is 10.0 Å². The fourth-order valence-electron chi connectivity index (χ4n) is 1.48. The number of anilines is 1. The highest BCUT2D eigenvalue weighted by Crippen LogP contribution is 2.20. The number of para-hydroxylation sites is 1. The Kier molecular flexibility index (Phi) is 3.54. The second-order valence-corrected chi connectivity index (χ2v) is 5.80. The van der Waals surface area contributed by atoms with Crippen molar-refractivity contribution in [2.45, 2.75) is 11.8 Å². The van der Waals surface area contributed by atoms with Crippen LogP contribution in [0.3, 0.4) is 0 Å². The average molecular weight is 283 g/mol. The van der Waals surface area contributed by atoms with Gasteiger partial charge in [-0.15, -0.1) is 0 Å². The summed E-state index contributed by atoms with van der Waals surface area (Å²) in [5.41, 5.74) is 0.903. The largest absolute Gasteiger partial charge is 0.280 e. The summed E-state index contributed by atoms with van der Waals surface area (Å²) in [6.45, 7) is 1.62. The average Bonchev–Trinajstić information content (AvgIpc) is 2.33. The molecule has 1 N–H and O–H groups in total. The lowest BCUT2D eigenvalue weighted by molar-refractivity contribution is 0.600. The van der Waals surface area contributed by atoms with E-state index in [1.54, 1.807) is 31.2 Å². The minimum absolute atomic E-state index is 0.0823. The molecule has 0 saturated heterocycles. The molecule has 0 fully saturated rings. The normalized spacial score (nSPS) is 11.2. The molecule has 0 aliphatic carbocycles. The number of aryl methyl sites for hydroxylation is 1. The van der Waals surface area contributed by atoms with Gasteiger partial charge >= 0.3 is 0 Å². The van der Waals surface area contributed by atoms with E-state index in [1.807, 2.05) is 6.07 Å². The van der Waals surface area contributed by atoms with Gasteiger partial charge in [0.1, 0.15) is 4.90 Å². The van der Waals surface area contributed by atoms with Crippen molar-refractivity contribution in [1.82, 2.24) is 4.98 Å². The van der Waals surface area contributed by atoms with E-state index in [0.29, 0.717) is 11.4 Å². The lowest BCUT2D eigenvalue weighted by atomic mass is 10.3. The maximum atomic E-state index is 12.2. The Labute approximate surface area is 111 Å². The zero-order chi connectivity index (χ0) is 13.2. The van der Waals surface area contributed by atoms with Crippen molar-refractivity contribution in [1.29, 1.82) is 0 Å². The van der Waals surface area contributed by atoms with Gasteiger partial charge in [0.25, 0.3) is 10.0 Å². The minimum atomic E-state index is -3.66. The van der Waals surface area contributed by atoms with Gasteiger partial charge in [-0.2, -0.15) is 0 Å². The summed E-state index contributed by atoms with van der Waals surface area (Å²) in [5, 5.41) is 0.286. The summed E-state index contributed by atoms with van der Waals surface area (Å²) in [6, 6.07) is 10.0. The van der Waals surface area contributed by atoms with E-state index in [-0.39, 0.29) is 9.92 Å². The highest BCUT2D eigenvalue weighted by molar-refractivity contribution is 7.92. The Morgan fingerprint density at radius 1 is 1.22 bits per heavy atom. The molecule has 18 heavy (non-hydrogen) atoms. The van der Waals surface area contributed by atoms with Gasteiger partial charge in [-0.1, -0.05) is 29.8 Å². The van der Waals surface area contributed by atoms with Gasteiger partial charge in [0, 0.05) is 11.9 Å². The fraction of sp³-hybridized carbons (Fsp3) is 0.0833. The molecule has 94 valence electrons. The van der Waals surface area contributed by atoms with Crippen LogP contribution >= 0.6 is 11.6 Å². The third-order valence-electron chi connectivity index (χ3n) is 2.32. The summed E-state index contributed by atoms with van der Waals surface area (Å²) < 4.78 is 26.8. The van der Waals surface area contributed by atoms with Gasteiger partial charge in [-0.05, 0) is 25.1 Å². The van der Waals surface area contributed by atoms with Crippen LogP contribution in [0.4, 0.5) is 5.69 Å². The molecule has 0 bridgehead atoms. The second kappa shape index (κ2) is 4.96. The first-order valence-electron chi connectivity index (χ1n) is 5.19. The van der Waals surface area contributed by atoms with Crippen LogP contribution < -0.4 is 4.72 Å².